The zero-order chi connectivity index (χ0) is 24.9. The Balaban J connectivity index is 0.000000157. The molecule has 6 rings (SSSR count). The lowest BCUT2D eigenvalue weighted by atomic mass is 9.93. The highest BCUT2D eigenvalue weighted by Crippen LogP contribution is 2.37. The predicted octanol–water partition coefficient (Wildman–Crippen LogP) is 7.89. The summed E-state index contributed by atoms with van der Waals surface area (Å²) in [5, 5.41) is 4.90. The van der Waals surface area contributed by atoms with Crippen LogP contribution in [0.25, 0.3) is 32.7 Å². The Morgan fingerprint density at radius 1 is 0.472 bits per heavy atom. The van der Waals surface area contributed by atoms with Crippen LogP contribution in [-0.4, -0.2) is 0 Å². The van der Waals surface area contributed by atoms with Crippen molar-refractivity contribution in [1.29, 1.82) is 0 Å². The molecule has 0 spiro atoms. The van der Waals surface area contributed by atoms with Crippen LogP contribution in [0.1, 0.15) is 0 Å². The highest BCUT2D eigenvalue weighted by atomic mass is 16.5. The first-order chi connectivity index (χ1) is 17.6. The molecule has 0 bridgehead atoms. The molecule has 6 aromatic rings. The van der Waals surface area contributed by atoms with E-state index in [1.807, 2.05) is 36.4 Å². The lowest BCUT2D eigenvalue weighted by Crippen LogP contribution is -1.92. The van der Waals surface area contributed by atoms with E-state index in [1.165, 1.54) is 27.1 Å². The van der Waals surface area contributed by atoms with Gasteiger partial charge < -0.3 is 21.9 Å². The predicted molar refractivity (Wildman–Crippen MR) is 153 cm³/mol. The van der Waals surface area contributed by atoms with E-state index in [-0.39, 0.29) is 0 Å². The van der Waals surface area contributed by atoms with Gasteiger partial charge in [-0.2, -0.15) is 0 Å². The van der Waals surface area contributed by atoms with Crippen molar-refractivity contribution in [2.75, 3.05) is 17.2 Å². The SMILES string of the molecule is Nc1ccc2ccccc2c1-c1cccc2ccccc12.Nc1cccc(Oc2ccccc2N)c1. The van der Waals surface area contributed by atoms with Crippen LogP contribution in [-0.2, 0) is 0 Å². The van der Waals surface area contributed by atoms with Gasteiger partial charge in [0.15, 0.2) is 0 Å². The molecular weight excluding hydrogens is 442 g/mol. The number of rotatable bonds is 3. The van der Waals surface area contributed by atoms with Gasteiger partial charge in [0.2, 0.25) is 0 Å². The smallest absolute Gasteiger partial charge is 0.150 e. The summed E-state index contributed by atoms with van der Waals surface area (Å²) >= 11 is 0. The number of nitrogens with two attached hydrogens (primary N) is 3. The molecule has 0 aliphatic heterocycles. The van der Waals surface area contributed by atoms with Crippen LogP contribution in [0, 0.1) is 0 Å². The molecule has 6 aromatic carbocycles. The first kappa shape index (κ1) is 22.8. The number of para-hydroxylation sites is 2. The zero-order valence-corrected chi connectivity index (χ0v) is 19.8. The Labute approximate surface area is 210 Å². The maximum atomic E-state index is 6.31. The molecule has 0 heterocycles. The van der Waals surface area contributed by atoms with E-state index in [4.69, 9.17) is 21.9 Å². The molecule has 6 N–H and O–H groups in total. The number of anilines is 3. The maximum absolute atomic E-state index is 6.31. The van der Waals surface area contributed by atoms with Crippen molar-refractivity contribution >= 4 is 38.6 Å². The van der Waals surface area contributed by atoms with Crippen LogP contribution in [0.3, 0.4) is 0 Å². The van der Waals surface area contributed by atoms with Crippen molar-refractivity contribution in [3.63, 3.8) is 0 Å². The van der Waals surface area contributed by atoms with E-state index in [0.29, 0.717) is 22.9 Å². The fraction of sp³-hybridized carbons (Fsp3) is 0. The molecule has 4 nitrogen and oxygen atoms in total. The van der Waals surface area contributed by atoms with E-state index in [2.05, 4.69) is 72.8 Å². The van der Waals surface area contributed by atoms with Crippen molar-refractivity contribution in [3.8, 4) is 22.6 Å². The quantitative estimate of drug-likeness (QED) is 0.230. The van der Waals surface area contributed by atoms with Crippen LogP contribution in [0.4, 0.5) is 17.1 Å². The molecule has 0 radical (unpaired) electrons. The van der Waals surface area contributed by atoms with Gasteiger partial charge in [-0.25, -0.2) is 0 Å². The molecule has 0 saturated heterocycles. The van der Waals surface area contributed by atoms with Crippen LogP contribution in [0.15, 0.2) is 127 Å². The van der Waals surface area contributed by atoms with Crippen molar-refractivity contribution in [1.82, 2.24) is 0 Å². The van der Waals surface area contributed by atoms with Gasteiger partial charge in [-0.15, -0.1) is 0 Å². The summed E-state index contributed by atoms with van der Waals surface area (Å²) in [7, 11) is 0. The molecule has 0 aliphatic carbocycles. The summed E-state index contributed by atoms with van der Waals surface area (Å²) in [6.07, 6.45) is 0. The Bertz CT molecular complexity index is 1650. The van der Waals surface area contributed by atoms with E-state index in [0.717, 1.165) is 11.3 Å². The summed E-state index contributed by atoms with van der Waals surface area (Å²) in [4.78, 5) is 0. The van der Waals surface area contributed by atoms with E-state index in [1.54, 1.807) is 18.2 Å². The number of fused-ring (bicyclic) bond motifs is 2. The second-order valence-corrected chi connectivity index (χ2v) is 8.49. The summed E-state index contributed by atoms with van der Waals surface area (Å²) in [5.74, 6) is 1.33. The van der Waals surface area contributed by atoms with Crippen molar-refractivity contribution in [3.05, 3.63) is 127 Å². The minimum atomic E-state index is 0.611. The van der Waals surface area contributed by atoms with E-state index in [9.17, 15) is 0 Å². The molecule has 0 saturated carbocycles. The molecule has 0 atom stereocenters. The Morgan fingerprint density at radius 3 is 1.89 bits per heavy atom. The summed E-state index contributed by atoms with van der Waals surface area (Å²) in [6, 6.07) is 41.9. The third kappa shape index (κ3) is 4.79. The first-order valence-electron chi connectivity index (χ1n) is 11.7. The summed E-state index contributed by atoms with van der Waals surface area (Å²) in [5.41, 5.74) is 22.1. The van der Waals surface area contributed by atoms with Crippen molar-refractivity contribution in [2.45, 2.75) is 0 Å². The fourth-order valence-corrected chi connectivity index (χ4v) is 4.31. The Hall–Kier alpha value is -4.96. The minimum absolute atomic E-state index is 0.611. The molecule has 36 heavy (non-hydrogen) atoms. The minimum Gasteiger partial charge on any atom is -0.455 e. The second-order valence-electron chi connectivity index (χ2n) is 8.49. The number of ether oxygens (including phenoxy) is 1. The van der Waals surface area contributed by atoms with Gasteiger partial charge in [-0.05, 0) is 57.4 Å². The van der Waals surface area contributed by atoms with E-state index < -0.39 is 0 Å². The average molecular weight is 470 g/mol. The topological polar surface area (TPSA) is 87.3 Å². The maximum Gasteiger partial charge on any atom is 0.150 e. The molecule has 0 aromatic heterocycles. The van der Waals surface area contributed by atoms with Gasteiger partial charge in [-0.1, -0.05) is 91.0 Å². The average Bonchev–Trinajstić information content (AvgIpc) is 2.90. The summed E-state index contributed by atoms with van der Waals surface area (Å²) in [6.45, 7) is 0. The normalized spacial score (nSPS) is 10.6. The third-order valence-corrected chi connectivity index (χ3v) is 6.03. The molecular formula is C32H27N3O. The van der Waals surface area contributed by atoms with Crippen molar-refractivity contribution < 1.29 is 4.74 Å². The second kappa shape index (κ2) is 10.1. The van der Waals surface area contributed by atoms with Gasteiger partial charge in [0.25, 0.3) is 0 Å². The van der Waals surface area contributed by atoms with Gasteiger partial charge in [0.1, 0.15) is 11.5 Å². The lowest BCUT2D eigenvalue weighted by molar-refractivity contribution is 0.485. The highest BCUT2D eigenvalue weighted by molar-refractivity contribution is 6.09. The van der Waals surface area contributed by atoms with Gasteiger partial charge in [0.05, 0.1) is 5.69 Å². The molecule has 0 amide bonds. The molecule has 0 fully saturated rings. The largest absolute Gasteiger partial charge is 0.455 e. The van der Waals surface area contributed by atoms with Crippen LogP contribution < -0.4 is 21.9 Å². The summed E-state index contributed by atoms with van der Waals surface area (Å²) < 4.78 is 5.58. The standard InChI is InChI=1S/C20H15N.C12H12N2O/c21-19-13-12-15-7-2-4-10-17(15)20(19)18-11-5-8-14-6-1-3-9-16(14)18;13-9-4-3-5-10(8-9)15-12-7-2-1-6-11(12)14/h1-13H,21H2;1-8H,13-14H2. The highest BCUT2D eigenvalue weighted by Gasteiger charge is 2.10. The van der Waals surface area contributed by atoms with Gasteiger partial charge >= 0.3 is 0 Å². The van der Waals surface area contributed by atoms with Crippen LogP contribution in [0.2, 0.25) is 0 Å². The molecule has 0 unspecified atom stereocenters. The molecule has 176 valence electrons. The number of benzene rings is 6. The van der Waals surface area contributed by atoms with E-state index >= 15 is 0 Å². The first-order valence-corrected chi connectivity index (χ1v) is 11.7. The molecule has 4 heteroatoms. The third-order valence-electron chi connectivity index (χ3n) is 6.03. The fourth-order valence-electron chi connectivity index (χ4n) is 4.31. The Kier molecular flexibility index (Phi) is 6.41. The zero-order valence-electron chi connectivity index (χ0n) is 19.8. The number of hydrogen-bond donors (Lipinski definition) is 3. The monoisotopic (exact) mass is 469 g/mol. The van der Waals surface area contributed by atoms with Crippen LogP contribution >= 0.6 is 0 Å². The van der Waals surface area contributed by atoms with Gasteiger partial charge in [-0.3, -0.25) is 0 Å². The Morgan fingerprint density at radius 2 is 1.11 bits per heavy atom. The molecule has 0 aliphatic rings. The van der Waals surface area contributed by atoms with Gasteiger partial charge in [0, 0.05) is 23.0 Å². The van der Waals surface area contributed by atoms with Crippen molar-refractivity contribution in [2.24, 2.45) is 0 Å². The number of hydrogen-bond acceptors (Lipinski definition) is 4. The van der Waals surface area contributed by atoms with Crippen LogP contribution in [0.5, 0.6) is 11.5 Å². The number of nitrogen functional groups attached to an aromatic ring is 3. The lowest BCUT2D eigenvalue weighted by Gasteiger charge is -2.13.